The van der Waals surface area contributed by atoms with Crippen molar-refractivity contribution in [3.63, 3.8) is 0 Å². The number of aromatic nitrogens is 2. The average molecular weight is 221 g/mol. The summed E-state index contributed by atoms with van der Waals surface area (Å²) in [5, 5.41) is 0. The molecular weight excluding hydrogens is 202 g/mol. The standard InChI is InChI=1S/C12H19N3O/c1-10-8-13-9-11(14-10)12-4-3-5-15(12)6-7-16-2/h8-9,12H,3-7H2,1-2H3. The molecule has 0 saturated carbocycles. The fourth-order valence-corrected chi connectivity index (χ4v) is 2.28. The first kappa shape index (κ1) is 11.5. The van der Waals surface area contributed by atoms with Crippen LogP contribution in [-0.2, 0) is 4.74 Å². The third-order valence-electron chi connectivity index (χ3n) is 3.06. The van der Waals surface area contributed by atoms with Gasteiger partial charge in [0.05, 0.1) is 24.0 Å². The fraction of sp³-hybridized carbons (Fsp3) is 0.667. The SMILES string of the molecule is COCCN1CCCC1c1cncc(C)n1. The predicted octanol–water partition coefficient (Wildman–Crippen LogP) is 1.57. The molecule has 0 amide bonds. The van der Waals surface area contributed by atoms with Crippen molar-refractivity contribution in [3.05, 3.63) is 23.8 Å². The summed E-state index contributed by atoms with van der Waals surface area (Å²) in [4.78, 5) is 11.2. The van der Waals surface area contributed by atoms with Crippen LogP contribution in [0.4, 0.5) is 0 Å². The van der Waals surface area contributed by atoms with Crippen LogP contribution in [0.1, 0.15) is 30.3 Å². The molecule has 4 nitrogen and oxygen atoms in total. The van der Waals surface area contributed by atoms with Crippen molar-refractivity contribution in [2.75, 3.05) is 26.8 Å². The van der Waals surface area contributed by atoms with Gasteiger partial charge in [0.1, 0.15) is 0 Å². The molecule has 1 atom stereocenters. The van der Waals surface area contributed by atoms with Crippen LogP contribution in [0.15, 0.2) is 12.4 Å². The highest BCUT2D eigenvalue weighted by atomic mass is 16.5. The Bertz CT molecular complexity index is 343. The maximum atomic E-state index is 5.13. The van der Waals surface area contributed by atoms with Crippen LogP contribution in [-0.4, -0.2) is 41.7 Å². The zero-order valence-corrected chi connectivity index (χ0v) is 10.0. The second-order valence-corrected chi connectivity index (χ2v) is 4.27. The molecule has 0 radical (unpaired) electrons. The second-order valence-electron chi connectivity index (χ2n) is 4.27. The normalized spacial score (nSPS) is 21.5. The molecule has 1 aromatic rings. The van der Waals surface area contributed by atoms with Crippen molar-refractivity contribution >= 4 is 0 Å². The lowest BCUT2D eigenvalue weighted by atomic mass is 10.1. The van der Waals surface area contributed by atoms with Gasteiger partial charge in [0.15, 0.2) is 0 Å². The Balaban J connectivity index is 2.07. The van der Waals surface area contributed by atoms with Crippen molar-refractivity contribution < 1.29 is 4.74 Å². The number of aryl methyl sites for hydroxylation is 1. The van der Waals surface area contributed by atoms with E-state index in [-0.39, 0.29) is 0 Å². The van der Waals surface area contributed by atoms with E-state index in [1.807, 2.05) is 13.1 Å². The smallest absolute Gasteiger partial charge is 0.0761 e. The van der Waals surface area contributed by atoms with Gasteiger partial charge in [0.25, 0.3) is 0 Å². The maximum Gasteiger partial charge on any atom is 0.0761 e. The van der Waals surface area contributed by atoms with Crippen LogP contribution < -0.4 is 0 Å². The lowest BCUT2D eigenvalue weighted by Crippen LogP contribution is -2.27. The van der Waals surface area contributed by atoms with Gasteiger partial charge >= 0.3 is 0 Å². The van der Waals surface area contributed by atoms with E-state index in [0.717, 1.165) is 31.1 Å². The first-order chi connectivity index (χ1) is 7.81. The molecule has 0 bridgehead atoms. The van der Waals surface area contributed by atoms with Gasteiger partial charge in [-0.15, -0.1) is 0 Å². The number of methoxy groups -OCH3 is 1. The molecule has 88 valence electrons. The van der Waals surface area contributed by atoms with Gasteiger partial charge in [0.2, 0.25) is 0 Å². The molecule has 1 aliphatic rings. The maximum absolute atomic E-state index is 5.13. The first-order valence-corrected chi connectivity index (χ1v) is 5.83. The lowest BCUT2D eigenvalue weighted by molar-refractivity contribution is 0.140. The van der Waals surface area contributed by atoms with Crippen molar-refractivity contribution in [1.82, 2.24) is 14.9 Å². The summed E-state index contributed by atoms with van der Waals surface area (Å²) in [7, 11) is 1.75. The largest absolute Gasteiger partial charge is 0.383 e. The third kappa shape index (κ3) is 2.57. The van der Waals surface area contributed by atoms with E-state index in [9.17, 15) is 0 Å². The van der Waals surface area contributed by atoms with Gasteiger partial charge in [-0.3, -0.25) is 14.9 Å². The number of nitrogens with zero attached hydrogens (tertiary/aromatic N) is 3. The van der Waals surface area contributed by atoms with Crippen molar-refractivity contribution in [3.8, 4) is 0 Å². The summed E-state index contributed by atoms with van der Waals surface area (Å²) < 4.78 is 5.13. The van der Waals surface area contributed by atoms with Crippen molar-refractivity contribution in [2.45, 2.75) is 25.8 Å². The van der Waals surface area contributed by atoms with E-state index < -0.39 is 0 Å². The molecule has 1 saturated heterocycles. The van der Waals surface area contributed by atoms with Gasteiger partial charge in [-0.2, -0.15) is 0 Å². The molecule has 0 aliphatic carbocycles. The zero-order chi connectivity index (χ0) is 11.4. The highest BCUT2D eigenvalue weighted by Crippen LogP contribution is 2.29. The molecule has 0 spiro atoms. The molecule has 1 aromatic heterocycles. The molecule has 0 N–H and O–H groups in total. The van der Waals surface area contributed by atoms with Crippen LogP contribution in [0.25, 0.3) is 0 Å². The second kappa shape index (κ2) is 5.37. The Labute approximate surface area is 96.7 Å². The molecule has 2 heterocycles. The van der Waals surface area contributed by atoms with Crippen molar-refractivity contribution in [1.29, 1.82) is 0 Å². The first-order valence-electron chi connectivity index (χ1n) is 5.83. The zero-order valence-electron chi connectivity index (χ0n) is 10.0. The average Bonchev–Trinajstić information content (AvgIpc) is 2.74. The Kier molecular flexibility index (Phi) is 3.85. The lowest BCUT2D eigenvalue weighted by Gasteiger charge is -2.23. The van der Waals surface area contributed by atoms with Crippen LogP contribution in [0, 0.1) is 6.92 Å². The Morgan fingerprint density at radius 1 is 1.50 bits per heavy atom. The molecule has 1 aliphatic heterocycles. The van der Waals surface area contributed by atoms with E-state index >= 15 is 0 Å². The van der Waals surface area contributed by atoms with Gasteiger partial charge in [-0.05, 0) is 26.3 Å². The molecule has 0 aromatic carbocycles. The van der Waals surface area contributed by atoms with Gasteiger partial charge in [-0.25, -0.2) is 0 Å². The summed E-state index contributed by atoms with van der Waals surface area (Å²) in [5.74, 6) is 0. The molecular formula is C12H19N3O. The summed E-state index contributed by atoms with van der Waals surface area (Å²) >= 11 is 0. The minimum atomic E-state index is 0.433. The molecule has 2 rings (SSSR count). The Morgan fingerprint density at radius 3 is 3.12 bits per heavy atom. The number of ether oxygens (including phenoxy) is 1. The van der Waals surface area contributed by atoms with Crippen molar-refractivity contribution in [2.24, 2.45) is 0 Å². The number of likely N-dealkylation sites (tertiary alicyclic amines) is 1. The van der Waals surface area contributed by atoms with Gasteiger partial charge in [0, 0.05) is 26.0 Å². The summed E-state index contributed by atoms with van der Waals surface area (Å²) in [6, 6.07) is 0.433. The Hall–Kier alpha value is -1.00. The predicted molar refractivity (Wildman–Crippen MR) is 62.2 cm³/mol. The summed E-state index contributed by atoms with van der Waals surface area (Å²) in [5.41, 5.74) is 2.10. The summed E-state index contributed by atoms with van der Waals surface area (Å²) in [6.07, 6.45) is 6.12. The quantitative estimate of drug-likeness (QED) is 0.773. The summed E-state index contributed by atoms with van der Waals surface area (Å²) in [6.45, 7) is 4.90. The van der Waals surface area contributed by atoms with Crippen LogP contribution in [0.3, 0.4) is 0 Å². The van der Waals surface area contributed by atoms with E-state index in [1.165, 1.54) is 12.8 Å². The minimum absolute atomic E-state index is 0.433. The van der Waals surface area contributed by atoms with E-state index in [0.29, 0.717) is 6.04 Å². The van der Waals surface area contributed by atoms with Crippen LogP contribution in [0.5, 0.6) is 0 Å². The minimum Gasteiger partial charge on any atom is -0.383 e. The number of hydrogen-bond donors (Lipinski definition) is 0. The third-order valence-corrected chi connectivity index (χ3v) is 3.06. The number of rotatable bonds is 4. The number of hydrogen-bond acceptors (Lipinski definition) is 4. The molecule has 4 heteroatoms. The fourth-order valence-electron chi connectivity index (χ4n) is 2.28. The monoisotopic (exact) mass is 221 g/mol. The Morgan fingerprint density at radius 2 is 2.38 bits per heavy atom. The molecule has 1 fully saturated rings. The van der Waals surface area contributed by atoms with Crippen LogP contribution >= 0.6 is 0 Å². The van der Waals surface area contributed by atoms with E-state index in [2.05, 4.69) is 14.9 Å². The highest BCUT2D eigenvalue weighted by Gasteiger charge is 2.26. The topological polar surface area (TPSA) is 38.2 Å². The van der Waals surface area contributed by atoms with Gasteiger partial charge < -0.3 is 4.74 Å². The van der Waals surface area contributed by atoms with E-state index in [4.69, 9.17) is 4.74 Å². The highest BCUT2D eigenvalue weighted by molar-refractivity contribution is 5.08. The van der Waals surface area contributed by atoms with E-state index in [1.54, 1.807) is 13.3 Å². The van der Waals surface area contributed by atoms with Crippen LogP contribution in [0.2, 0.25) is 0 Å². The molecule has 1 unspecified atom stereocenters. The molecule has 16 heavy (non-hydrogen) atoms. The van der Waals surface area contributed by atoms with Gasteiger partial charge in [-0.1, -0.05) is 0 Å².